The summed E-state index contributed by atoms with van der Waals surface area (Å²) >= 11 is 0. The molecule has 3 amide bonds. The maximum atomic E-state index is 12.2. The number of aryl methyl sites for hydroxylation is 1. The summed E-state index contributed by atoms with van der Waals surface area (Å²) < 4.78 is 10.3. The summed E-state index contributed by atoms with van der Waals surface area (Å²) in [6.45, 7) is 2.23. The Hall–Kier alpha value is -3.74. The molecule has 3 aromatic rings. The van der Waals surface area contributed by atoms with Gasteiger partial charge >= 0.3 is 6.03 Å². The number of furan rings is 1. The van der Waals surface area contributed by atoms with Crippen LogP contribution in [-0.2, 0) is 6.54 Å². The third kappa shape index (κ3) is 4.91. The lowest BCUT2D eigenvalue weighted by atomic mass is 10.2. The molecule has 7 nitrogen and oxygen atoms in total. The monoisotopic (exact) mass is 379 g/mol. The number of anilines is 2. The van der Waals surface area contributed by atoms with Crippen LogP contribution in [0.3, 0.4) is 0 Å². The predicted octanol–water partition coefficient (Wildman–Crippen LogP) is 4.17. The van der Waals surface area contributed by atoms with Crippen LogP contribution in [0, 0.1) is 6.92 Å². The van der Waals surface area contributed by atoms with Crippen LogP contribution in [0.15, 0.2) is 65.3 Å². The van der Waals surface area contributed by atoms with Gasteiger partial charge in [0.2, 0.25) is 0 Å². The summed E-state index contributed by atoms with van der Waals surface area (Å²) in [5.74, 6) is 0.484. The highest BCUT2D eigenvalue weighted by Crippen LogP contribution is 2.25. The molecule has 3 N–H and O–H groups in total. The third-order valence-corrected chi connectivity index (χ3v) is 3.99. The van der Waals surface area contributed by atoms with E-state index in [2.05, 4.69) is 16.0 Å². The van der Waals surface area contributed by atoms with Crippen LogP contribution in [0.25, 0.3) is 0 Å². The lowest BCUT2D eigenvalue weighted by Crippen LogP contribution is -2.28. The molecular weight excluding hydrogens is 358 g/mol. The molecular formula is C21H21N3O4. The van der Waals surface area contributed by atoms with E-state index in [0.29, 0.717) is 23.7 Å². The van der Waals surface area contributed by atoms with Crippen molar-refractivity contribution in [3.05, 3.63) is 77.7 Å². The number of methoxy groups -OCH3 is 1. The minimum Gasteiger partial charge on any atom is -0.495 e. The van der Waals surface area contributed by atoms with Gasteiger partial charge in [0.05, 0.1) is 19.1 Å². The average molecular weight is 379 g/mol. The number of urea groups is 1. The summed E-state index contributed by atoms with van der Waals surface area (Å²) in [6, 6.07) is 15.6. The molecule has 1 aromatic heterocycles. The van der Waals surface area contributed by atoms with Crippen molar-refractivity contribution in [3.63, 3.8) is 0 Å². The Balaban J connectivity index is 1.58. The minimum absolute atomic E-state index is 0.231. The van der Waals surface area contributed by atoms with Crippen LogP contribution in [0.5, 0.6) is 5.75 Å². The number of rotatable bonds is 6. The van der Waals surface area contributed by atoms with Crippen LogP contribution in [0.2, 0.25) is 0 Å². The highest BCUT2D eigenvalue weighted by molar-refractivity contribution is 6.02. The molecule has 3 rings (SSSR count). The molecule has 28 heavy (non-hydrogen) atoms. The van der Waals surface area contributed by atoms with Gasteiger partial charge in [0, 0.05) is 12.2 Å². The molecule has 0 fully saturated rings. The number of hydrogen-bond donors (Lipinski definition) is 3. The Morgan fingerprint density at radius 2 is 1.89 bits per heavy atom. The van der Waals surface area contributed by atoms with E-state index < -0.39 is 0 Å². The fourth-order valence-corrected chi connectivity index (χ4v) is 2.63. The van der Waals surface area contributed by atoms with E-state index in [1.165, 1.54) is 6.26 Å². The summed E-state index contributed by atoms with van der Waals surface area (Å²) in [5, 5.41) is 8.33. The quantitative estimate of drug-likeness (QED) is 0.599. The molecule has 0 saturated carbocycles. The second-order valence-corrected chi connectivity index (χ2v) is 6.14. The lowest BCUT2D eigenvalue weighted by Gasteiger charge is -2.12. The van der Waals surface area contributed by atoms with Crippen molar-refractivity contribution in [1.29, 1.82) is 0 Å². The summed E-state index contributed by atoms with van der Waals surface area (Å²) in [5.41, 5.74) is 3.06. The first-order valence-electron chi connectivity index (χ1n) is 8.68. The zero-order chi connectivity index (χ0) is 19.9. The second kappa shape index (κ2) is 8.77. The number of ether oxygens (including phenoxy) is 1. The van der Waals surface area contributed by atoms with Crippen LogP contribution in [-0.4, -0.2) is 19.0 Å². The smallest absolute Gasteiger partial charge is 0.319 e. The van der Waals surface area contributed by atoms with Gasteiger partial charge in [0.15, 0.2) is 5.76 Å². The molecule has 0 bridgehead atoms. The molecule has 144 valence electrons. The van der Waals surface area contributed by atoms with Gasteiger partial charge in [-0.2, -0.15) is 0 Å². The van der Waals surface area contributed by atoms with E-state index >= 15 is 0 Å². The van der Waals surface area contributed by atoms with Crippen molar-refractivity contribution in [2.45, 2.75) is 13.5 Å². The van der Waals surface area contributed by atoms with Gasteiger partial charge in [-0.25, -0.2) is 4.79 Å². The summed E-state index contributed by atoms with van der Waals surface area (Å²) in [6.07, 6.45) is 1.44. The highest BCUT2D eigenvalue weighted by atomic mass is 16.5. The summed E-state index contributed by atoms with van der Waals surface area (Å²) in [7, 11) is 1.55. The van der Waals surface area contributed by atoms with E-state index in [0.717, 1.165) is 11.1 Å². The molecule has 0 aliphatic carbocycles. The Kier molecular flexibility index (Phi) is 5.96. The van der Waals surface area contributed by atoms with E-state index in [1.807, 2.05) is 25.1 Å². The van der Waals surface area contributed by atoms with E-state index in [1.54, 1.807) is 43.5 Å². The molecule has 1 heterocycles. The number of carbonyl (C=O) groups is 2. The molecule has 7 heteroatoms. The Bertz CT molecular complexity index is 968. The molecule has 0 spiro atoms. The fourth-order valence-electron chi connectivity index (χ4n) is 2.63. The molecule has 0 aliphatic heterocycles. The number of amides is 3. The van der Waals surface area contributed by atoms with Crippen molar-refractivity contribution >= 4 is 23.3 Å². The lowest BCUT2D eigenvalue weighted by molar-refractivity contribution is 0.0996. The van der Waals surface area contributed by atoms with Gasteiger partial charge in [0.25, 0.3) is 5.91 Å². The maximum Gasteiger partial charge on any atom is 0.319 e. The van der Waals surface area contributed by atoms with Crippen molar-refractivity contribution in [3.8, 4) is 5.75 Å². The van der Waals surface area contributed by atoms with Gasteiger partial charge in [0.1, 0.15) is 5.75 Å². The standard InChI is InChI=1S/C21H21N3O4/c1-14-8-9-18(27-2)17(11-14)24-21(26)22-13-15-5-3-6-16(12-15)23-20(25)19-7-4-10-28-19/h3-12H,13H2,1-2H3,(H,23,25)(H2,22,24,26). The first kappa shape index (κ1) is 19.0. The first-order chi connectivity index (χ1) is 13.5. The molecule has 2 aromatic carbocycles. The van der Waals surface area contributed by atoms with Gasteiger partial charge in [-0.05, 0) is 54.4 Å². The number of nitrogens with one attached hydrogen (secondary N) is 3. The van der Waals surface area contributed by atoms with Gasteiger partial charge in [-0.3, -0.25) is 4.79 Å². The molecule has 0 unspecified atom stereocenters. The molecule has 0 atom stereocenters. The zero-order valence-electron chi connectivity index (χ0n) is 15.6. The third-order valence-electron chi connectivity index (χ3n) is 3.99. The first-order valence-corrected chi connectivity index (χ1v) is 8.68. The van der Waals surface area contributed by atoms with E-state index in [4.69, 9.17) is 9.15 Å². The predicted molar refractivity (Wildman–Crippen MR) is 107 cm³/mol. The zero-order valence-corrected chi connectivity index (χ0v) is 15.6. The van der Waals surface area contributed by atoms with Crippen molar-refractivity contribution in [2.24, 2.45) is 0 Å². The van der Waals surface area contributed by atoms with Crippen molar-refractivity contribution in [1.82, 2.24) is 5.32 Å². The van der Waals surface area contributed by atoms with E-state index in [-0.39, 0.29) is 17.7 Å². The number of carbonyl (C=O) groups excluding carboxylic acids is 2. The molecule has 0 aliphatic rings. The average Bonchev–Trinajstić information content (AvgIpc) is 3.22. The largest absolute Gasteiger partial charge is 0.495 e. The Morgan fingerprint density at radius 3 is 2.64 bits per heavy atom. The van der Waals surface area contributed by atoms with Gasteiger partial charge in [-0.15, -0.1) is 0 Å². The maximum absolute atomic E-state index is 12.2. The van der Waals surface area contributed by atoms with Crippen molar-refractivity contribution < 1.29 is 18.7 Å². The number of benzene rings is 2. The van der Waals surface area contributed by atoms with Crippen LogP contribution < -0.4 is 20.7 Å². The topological polar surface area (TPSA) is 92.6 Å². The SMILES string of the molecule is COc1ccc(C)cc1NC(=O)NCc1cccc(NC(=O)c2ccco2)c1. The van der Waals surface area contributed by atoms with Crippen LogP contribution in [0.1, 0.15) is 21.7 Å². The Morgan fingerprint density at radius 1 is 1.04 bits per heavy atom. The normalized spacial score (nSPS) is 10.2. The highest BCUT2D eigenvalue weighted by Gasteiger charge is 2.10. The van der Waals surface area contributed by atoms with Gasteiger partial charge < -0.3 is 25.1 Å². The molecule has 0 radical (unpaired) electrons. The van der Waals surface area contributed by atoms with E-state index in [9.17, 15) is 9.59 Å². The number of hydrogen-bond acceptors (Lipinski definition) is 4. The van der Waals surface area contributed by atoms with Crippen LogP contribution >= 0.6 is 0 Å². The second-order valence-electron chi connectivity index (χ2n) is 6.14. The molecule has 0 saturated heterocycles. The fraction of sp³-hybridized carbons (Fsp3) is 0.143. The van der Waals surface area contributed by atoms with Crippen molar-refractivity contribution in [2.75, 3.05) is 17.7 Å². The Labute approximate surface area is 162 Å². The van der Waals surface area contributed by atoms with Gasteiger partial charge in [-0.1, -0.05) is 18.2 Å². The summed E-state index contributed by atoms with van der Waals surface area (Å²) in [4.78, 5) is 24.3. The van der Waals surface area contributed by atoms with Crippen LogP contribution in [0.4, 0.5) is 16.2 Å². The minimum atomic E-state index is -0.353.